The molecule has 1 heterocycles. The molecule has 0 aliphatic heterocycles. The number of nitrogens with one attached hydrogen (secondary N) is 1. The quantitative estimate of drug-likeness (QED) is 0.585. The van der Waals surface area contributed by atoms with E-state index < -0.39 is 0 Å². The van der Waals surface area contributed by atoms with E-state index in [0.29, 0.717) is 15.9 Å². The Bertz CT molecular complexity index is 1190. The van der Waals surface area contributed by atoms with E-state index >= 15 is 0 Å². The van der Waals surface area contributed by atoms with E-state index in [1.807, 2.05) is 42.5 Å². The average molecular weight is 363 g/mol. The molecule has 1 N–H and O–H groups in total. The Morgan fingerprint density at radius 3 is 2.65 bits per heavy atom. The highest BCUT2D eigenvalue weighted by Crippen LogP contribution is 2.23. The maximum absolute atomic E-state index is 12.6. The molecule has 5 heteroatoms. The van der Waals surface area contributed by atoms with Gasteiger partial charge in [-0.05, 0) is 29.7 Å². The summed E-state index contributed by atoms with van der Waals surface area (Å²) in [6.45, 7) is 0.0837. The minimum Gasteiger partial charge on any atom is -0.338 e. The minimum atomic E-state index is -0.175. The zero-order valence-electron chi connectivity index (χ0n) is 13.8. The summed E-state index contributed by atoms with van der Waals surface area (Å²) in [4.78, 5) is 24.6. The SMILES string of the molecule is O=C(Cn1ccc(=O)c2ccc(Cl)cc21)Nc1cccc2ccccc12. The summed E-state index contributed by atoms with van der Waals surface area (Å²) in [6, 6.07) is 20.2. The molecule has 0 saturated carbocycles. The Balaban J connectivity index is 1.67. The van der Waals surface area contributed by atoms with Crippen LogP contribution in [0.4, 0.5) is 5.69 Å². The highest BCUT2D eigenvalue weighted by molar-refractivity contribution is 6.31. The lowest BCUT2D eigenvalue weighted by atomic mass is 10.1. The molecule has 0 saturated heterocycles. The first-order valence-electron chi connectivity index (χ1n) is 8.18. The number of benzene rings is 3. The molecule has 128 valence electrons. The van der Waals surface area contributed by atoms with Crippen LogP contribution in [0.2, 0.25) is 5.02 Å². The fourth-order valence-electron chi connectivity index (χ4n) is 3.10. The van der Waals surface area contributed by atoms with Crippen molar-refractivity contribution in [2.24, 2.45) is 0 Å². The van der Waals surface area contributed by atoms with Crippen LogP contribution in [0.15, 0.2) is 77.7 Å². The lowest BCUT2D eigenvalue weighted by molar-refractivity contribution is -0.116. The van der Waals surface area contributed by atoms with E-state index in [1.165, 1.54) is 6.07 Å². The van der Waals surface area contributed by atoms with Crippen LogP contribution in [0, 0.1) is 0 Å². The molecule has 1 aromatic heterocycles. The van der Waals surface area contributed by atoms with Gasteiger partial charge in [0.15, 0.2) is 5.43 Å². The van der Waals surface area contributed by atoms with Crippen LogP contribution in [0.5, 0.6) is 0 Å². The van der Waals surface area contributed by atoms with E-state index in [2.05, 4.69) is 5.32 Å². The summed E-state index contributed by atoms with van der Waals surface area (Å²) in [5, 5.41) is 6.06. The Kier molecular flexibility index (Phi) is 4.19. The van der Waals surface area contributed by atoms with Crippen molar-refractivity contribution in [1.82, 2.24) is 4.57 Å². The number of fused-ring (bicyclic) bond motifs is 2. The molecule has 0 atom stereocenters. The van der Waals surface area contributed by atoms with Gasteiger partial charge in [-0.1, -0.05) is 48.0 Å². The number of nitrogens with zero attached hydrogens (tertiary/aromatic N) is 1. The van der Waals surface area contributed by atoms with Crippen LogP contribution in [0.25, 0.3) is 21.7 Å². The first-order valence-corrected chi connectivity index (χ1v) is 8.56. The van der Waals surface area contributed by atoms with Crippen molar-refractivity contribution in [3.05, 3.63) is 88.2 Å². The van der Waals surface area contributed by atoms with Crippen LogP contribution >= 0.6 is 11.6 Å². The number of amides is 1. The zero-order valence-corrected chi connectivity index (χ0v) is 14.5. The first kappa shape index (κ1) is 16.4. The van der Waals surface area contributed by atoms with Crippen molar-refractivity contribution in [3.63, 3.8) is 0 Å². The highest BCUT2D eigenvalue weighted by Gasteiger charge is 2.09. The minimum absolute atomic E-state index is 0.0837. The monoisotopic (exact) mass is 362 g/mol. The van der Waals surface area contributed by atoms with Crippen LogP contribution in [-0.4, -0.2) is 10.5 Å². The standard InChI is InChI=1S/C21H15ClN2O2/c22-15-8-9-17-19(12-15)24(11-10-20(17)25)13-21(26)23-18-7-3-5-14-4-1-2-6-16(14)18/h1-12H,13H2,(H,23,26). The molecule has 0 unspecified atom stereocenters. The molecule has 4 aromatic rings. The van der Waals surface area contributed by atoms with Gasteiger partial charge in [0.2, 0.25) is 5.91 Å². The average Bonchev–Trinajstić information content (AvgIpc) is 2.64. The summed E-state index contributed by atoms with van der Waals surface area (Å²) in [6.07, 6.45) is 1.61. The molecule has 1 amide bonds. The third kappa shape index (κ3) is 3.07. The Hall–Kier alpha value is -3.11. The summed E-state index contributed by atoms with van der Waals surface area (Å²) >= 11 is 6.06. The third-order valence-corrected chi connectivity index (χ3v) is 4.55. The maximum Gasteiger partial charge on any atom is 0.244 e. The molecule has 3 aromatic carbocycles. The smallest absolute Gasteiger partial charge is 0.244 e. The maximum atomic E-state index is 12.6. The Morgan fingerprint density at radius 2 is 1.77 bits per heavy atom. The molecule has 4 rings (SSSR count). The number of rotatable bonds is 3. The lowest BCUT2D eigenvalue weighted by Gasteiger charge is -2.12. The molecule has 0 bridgehead atoms. The van der Waals surface area contributed by atoms with Crippen LogP contribution in [-0.2, 0) is 11.3 Å². The van der Waals surface area contributed by atoms with Gasteiger partial charge in [-0.25, -0.2) is 0 Å². The summed E-state index contributed by atoms with van der Waals surface area (Å²) in [7, 11) is 0. The molecular weight excluding hydrogens is 348 g/mol. The summed E-state index contributed by atoms with van der Waals surface area (Å²) < 4.78 is 1.73. The molecule has 0 fully saturated rings. The first-order chi connectivity index (χ1) is 12.6. The van der Waals surface area contributed by atoms with Gasteiger partial charge in [-0.3, -0.25) is 9.59 Å². The second-order valence-electron chi connectivity index (χ2n) is 6.04. The van der Waals surface area contributed by atoms with Gasteiger partial charge in [0.25, 0.3) is 0 Å². The Labute approximate surface area is 154 Å². The van der Waals surface area contributed by atoms with Crippen LogP contribution < -0.4 is 10.7 Å². The molecule has 0 radical (unpaired) electrons. The van der Waals surface area contributed by atoms with E-state index in [9.17, 15) is 9.59 Å². The largest absolute Gasteiger partial charge is 0.338 e. The number of pyridine rings is 1. The number of halogens is 1. The van der Waals surface area contributed by atoms with E-state index in [4.69, 9.17) is 11.6 Å². The summed E-state index contributed by atoms with van der Waals surface area (Å²) in [5.41, 5.74) is 1.30. The zero-order chi connectivity index (χ0) is 18.1. The van der Waals surface area contributed by atoms with Gasteiger partial charge in [-0.2, -0.15) is 0 Å². The summed E-state index contributed by atoms with van der Waals surface area (Å²) in [5.74, 6) is -0.175. The molecule has 0 aliphatic rings. The number of hydrogen-bond donors (Lipinski definition) is 1. The molecule has 26 heavy (non-hydrogen) atoms. The van der Waals surface area contributed by atoms with Gasteiger partial charge in [-0.15, -0.1) is 0 Å². The number of carbonyl (C=O) groups excluding carboxylic acids is 1. The highest BCUT2D eigenvalue weighted by atomic mass is 35.5. The van der Waals surface area contributed by atoms with Crippen molar-refractivity contribution in [2.75, 3.05) is 5.32 Å². The van der Waals surface area contributed by atoms with Crippen molar-refractivity contribution < 1.29 is 4.79 Å². The van der Waals surface area contributed by atoms with Gasteiger partial charge in [0, 0.05) is 33.7 Å². The van der Waals surface area contributed by atoms with Gasteiger partial charge in [0.05, 0.1) is 5.52 Å². The molecule has 0 spiro atoms. The van der Waals surface area contributed by atoms with Crippen molar-refractivity contribution in [3.8, 4) is 0 Å². The van der Waals surface area contributed by atoms with Crippen LogP contribution in [0.1, 0.15) is 0 Å². The topological polar surface area (TPSA) is 51.1 Å². The number of anilines is 1. The third-order valence-electron chi connectivity index (χ3n) is 4.32. The number of aromatic nitrogens is 1. The second-order valence-corrected chi connectivity index (χ2v) is 6.48. The van der Waals surface area contributed by atoms with E-state index in [1.54, 1.807) is 29.0 Å². The predicted molar refractivity (Wildman–Crippen MR) is 106 cm³/mol. The lowest BCUT2D eigenvalue weighted by Crippen LogP contribution is -2.20. The second kappa shape index (κ2) is 6.65. The van der Waals surface area contributed by atoms with E-state index in [0.717, 1.165) is 16.5 Å². The van der Waals surface area contributed by atoms with E-state index in [-0.39, 0.29) is 17.9 Å². The Morgan fingerprint density at radius 1 is 0.962 bits per heavy atom. The molecule has 4 nitrogen and oxygen atoms in total. The van der Waals surface area contributed by atoms with Crippen LogP contribution in [0.3, 0.4) is 0 Å². The van der Waals surface area contributed by atoms with Crippen molar-refractivity contribution in [2.45, 2.75) is 6.54 Å². The normalized spacial score (nSPS) is 11.0. The predicted octanol–water partition coefficient (Wildman–Crippen LogP) is 4.45. The fraction of sp³-hybridized carbons (Fsp3) is 0.0476. The van der Waals surface area contributed by atoms with Gasteiger partial charge >= 0.3 is 0 Å². The van der Waals surface area contributed by atoms with Gasteiger partial charge < -0.3 is 9.88 Å². The molecular formula is C21H15ClN2O2. The number of hydrogen-bond acceptors (Lipinski definition) is 2. The fourth-order valence-corrected chi connectivity index (χ4v) is 3.26. The van der Waals surface area contributed by atoms with Crippen molar-refractivity contribution >= 4 is 44.9 Å². The van der Waals surface area contributed by atoms with Crippen molar-refractivity contribution in [1.29, 1.82) is 0 Å². The number of carbonyl (C=O) groups is 1. The molecule has 0 aliphatic carbocycles. The van der Waals surface area contributed by atoms with Gasteiger partial charge in [0.1, 0.15) is 6.54 Å².